The molecule has 0 spiro atoms. The van der Waals surface area contributed by atoms with E-state index in [0.29, 0.717) is 11.4 Å². The van der Waals surface area contributed by atoms with Gasteiger partial charge in [0.05, 0.1) is 10.6 Å². The van der Waals surface area contributed by atoms with E-state index in [1.54, 1.807) is 24.3 Å². The summed E-state index contributed by atoms with van der Waals surface area (Å²) in [5.41, 5.74) is 1.72. The first-order chi connectivity index (χ1) is 15.2. The van der Waals surface area contributed by atoms with Crippen molar-refractivity contribution >= 4 is 21.5 Å². The van der Waals surface area contributed by atoms with Crippen LogP contribution in [0.4, 0.5) is 24.7 Å². The van der Waals surface area contributed by atoms with E-state index in [2.05, 4.69) is 24.6 Å². The van der Waals surface area contributed by atoms with Crippen molar-refractivity contribution in [3.63, 3.8) is 0 Å². The molecule has 168 valence electrons. The minimum Gasteiger partial charge on any atom is -0.406 e. The Labute approximate surface area is 182 Å². The van der Waals surface area contributed by atoms with Crippen molar-refractivity contribution in [3.8, 4) is 17.0 Å². The number of hydrogen-bond donors (Lipinski definition) is 1. The van der Waals surface area contributed by atoms with Crippen molar-refractivity contribution in [3.05, 3.63) is 60.7 Å². The second kappa shape index (κ2) is 8.65. The van der Waals surface area contributed by atoms with Crippen LogP contribution in [0.2, 0.25) is 0 Å². The number of rotatable bonds is 6. The molecule has 1 aliphatic heterocycles. The molecule has 0 amide bonds. The molecular formula is C21H19F3N4O3S. The van der Waals surface area contributed by atoms with Gasteiger partial charge in [0.1, 0.15) is 5.75 Å². The van der Waals surface area contributed by atoms with E-state index >= 15 is 0 Å². The minimum absolute atomic E-state index is 0.195. The third-order valence-electron chi connectivity index (χ3n) is 4.88. The average Bonchev–Trinajstić information content (AvgIpc) is 3.28. The number of benzene rings is 2. The van der Waals surface area contributed by atoms with Crippen LogP contribution in [0.3, 0.4) is 0 Å². The minimum atomic E-state index is -4.85. The average molecular weight is 464 g/mol. The molecule has 0 unspecified atom stereocenters. The summed E-state index contributed by atoms with van der Waals surface area (Å²) in [4.78, 5) is 1.98. The number of sulfonamides is 1. The summed E-state index contributed by atoms with van der Waals surface area (Å²) in [6.45, 7) is 1.95. The van der Waals surface area contributed by atoms with Gasteiger partial charge >= 0.3 is 6.36 Å². The van der Waals surface area contributed by atoms with Crippen molar-refractivity contribution in [1.29, 1.82) is 0 Å². The van der Waals surface area contributed by atoms with Crippen molar-refractivity contribution in [2.24, 2.45) is 0 Å². The third kappa shape index (κ3) is 5.28. The molecule has 0 aliphatic carbocycles. The van der Waals surface area contributed by atoms with Crippen molar-refractivity contribution in [2.75, 3.05) is 22.7 Å². The van der Waals surface area contributed by atoms with Gasteiger partial charge in [-0.1, -0.05) is 12.1 Å². The lowest BCUT2D eigenvalue weighted by molar-refractivity contribution is -0.274. The third-order valence-corrected chi connectivity index (χ3v) is 6.28. The Balaban J connectivity index is 1.43. The monoisotopic (exact) mass is 464 g/mol. The maximum absolute atomic E-state index is 12.5. The molecule has 1 aromatic heterocycles. The number of nitrogens with zero attached hydrogens (tertiary/aromatic N) is 3. The van der Waals surface area contributed by atoms with Gasteiger partial charge in [0.15, 0.2) is 5.82 Å². The van der Waals surface area contributed by atoms with E-state index in [0.717, 1.165) is 61.6 Å². The van der Waals surface area contributed by atoms with Crippen LogP contribution in [0.25, 0.3) is 11.3 Å². The molecule has 1 aliphatic rings. The first kappa shape index (κ1) is 21.9. The molecule has 7 nitrogen and oxygen atoms in total. The number of alkyl halides is 3. The van der Waals surface area contributed by atoms with E-state index in [9.17, 15) is 21.6 Å². The number of hydrogen-bond acceptors (Lipinski definition) is 6. The molecule has 32 heavy (non-hydrogen) atoms. The summed E-state index contributed by atoms with van der Waals surface area (Å²) in [5, 5.41) is 8.53. The van der Waals surface area contributed by atoms with E-state index in [-0.39, 0.29) is 4.90 Å². The highest BCUT2D eigenvalue weighted by atomic mass is 32.2. The lowest BCUT2D eigenvalue weighted by Gasteiger charge is -2.15. The van der Waals surface area contributed by atoms with E-state index in [4.69, 9.17) is 0 Å². The predicted molar refractivity (Wildman–Crippen MR) is 113 cm³/mol. The van der Waals surface area contributed by atoms with Crippen LogP contribution in [-0.2, 0) is 10.0 Å². The largest absolute Gasteiger partial charge is 0.573 e. The zero-order chi connectivity index (χ0) is 22.8. The van der Waals surface area contributed by atoms with Gasteiger partial charge in [-0.2, -0.15) is 0 Å². The Morgan fingerprint density at radius 2 is 1.53 bits per heavy atom. The topological polar surface area (TPSA) is 84.4 Å². The summed E-state index contributed by atoms with van der Waals surface area (Å²) >= 11 is 0. The number of halogens is 3. The molecule has 1 N–H and O–H groups in total. The Kier molecular flexibility index (Phi) is 5.92. The summed E-state index contributed by atoms with van der Waals surface area (Å²) in [5.74, 6) is 0.333. The first-order valence-corrected chi connectivity index (χ1v) is 11.3. The molecule has 0 radical (unpaired) electrons. The van der Waals surface area contributed by atoms with Crippen molar-refractivity contribution in [2.45, 2.75) is 24.1 Å². The van der Waals surface area contributed by atoms with Gasteiger partial charge in [0.2, 0.25) is 0 Å². The number of ether oxygens (including phenoxy) is 1. The quantitative estimate of drug-likeness (QED) is 0.581. The smallest absolute Gasteiger partial charge is 0.406 e. The van der Waals surface area contributed by atoms with Crippen LogP contribution in [-0.4, -0.2) is 38.1 Å². The van der Waals surface area contributed by atoms with Gasteiger partial charge in [0, 0.05) is 24.3 Å². The van der Waals surface area contributed by atoms with Gasteiger partial charge in [-0.3, -0.25) is 4.72 Å². The Bertz CT molecular complexity index is 1160. The van der Waals surface area contributed by atoms with E-state index in [1.165, 1.54) is 0 Å². The normalized spacial score (nSPS) is 14.4. The van der Waals surface area contributed by atoms with Gasteiger partial charge in [-0.15, -0.1) is 23.4 Å². The highest BCUT2D eigenvalue weighted by Crippen LogP contribution is 2.26. The SMILES string of the molecule is O=S(=O)(Nc1ccc(-c2ccc(N3CCCC3)nn2)cc1)c1ccc(OC(F)(F)F)cc1. The second-order valence-corrected chi connectivity index (χ2v) is 8.86. The van der Waals surface area contributed by atoms with Crippen LogP contribution in [0.1, 0.15) is 12.8 Å². The van der Waals surface area contributed by atoms with Gasteiger partial charge in [0.25, 0.3) is 10.0 Å². The maximum atomic E-state index is 12.5. The standard InChI is InChI=1S/C21H19F3N4O3S/c22-21(23,24)31-17-7-9-18(10-8-17)32(29,30)27-16-5-3-15(4-6-16)19-11-12-20(26-25-19)28-13-1-2-14-28/h3-12,27H,1-2,13-14H2. The fraction of sp³-hybridized carbons (Fsp3) is 0.238. The molecule has 0 saturated carbocycles. The fourth-order valence-corrected chi connectivity index (χ4v) is 4.40. The molecule has 2 aromatic carbocycles. The summed E-state index contributed by atoms with van der Waals surface area (Å²) in [6, 6.07) is 14.3. The summed E-state index contributed by atoms with van der Waals surface area (Å²) in [7, 11) is -3.99. The molecule has 4 rings (SSSR count). The van der Waals surface area contributed by atoms with Gasteiger partial charge in [-0.05, 0) is 61.4 Å². The maximum Gasteiger partial charge on any atom is 0.573 e. The molecule has 11 heteroatoms. The molecular weight excluding hydrogens is 445 g/mol. The molecule has 1 fully saturated rings. The molecule has 0 atom stereocenters. The van der Waals surface area contributed by atoms with E-state index < -0.39 is 22.1 Å². The lowest BCUT2D eigenvalue weighted by atomic mass is 10.1. The van der Waals surface area contributed by atoms with Gasteiger partial charge < -0.3 is 9.64 Å². The number of anilines is 2. The van der Waals surface area contributed by atoms with Crippen LogP contribution in [0.15, 0.2) is 65.6 Å². The lowest BCUT2D eigenvalue weighted by Crippen LogP contribution is -2.19. The van der Waals surface area contributed by atoms with Crippen LogP contribution in [0.5, 0.6) is 5.75 Å². The number of nitrogens with one attached hydrogen (secondary N) is 1. The zero-order valence-electron chi connectivity index (χ0n) is 16.7. The van der Waals surface area contributed by atoms with Crippen molar-refractivity contribution < 1.29 is 26.3 Å². The Hall–Kier alpha value is -3.34. The molecule has 1 saturated heterocycles. The summed E-state index contributed by atoms with van der Waals surface area (Å²) in [6.07, 6.45) is -2.56. The molecule has 2 heterocycles. The zero-order valence-corrected chi connectivity index (χ0v) is 17.5. The molecule has 0 bridgehead atoms. The van der Waals surface area contributed by atoms with E-state index in [1.807, 2.05) is 12.1 Å². The van der Waals surface area contributed by atoms with Crippen LogP contribution in [0, 0.1) is 0 Å². The number of aromatic nitrogens is 2. The molecule has 3 aromatic rings. The Morgan fingerprint density at radius 3 is 2.09 bits per heavy atom. The van der Waals surface area contributed by atoms with Crippen LogP contribution >= 0.6 is 0 Å². The van der Waals surface area contributed by atoms with Crippen molar-refractivity contribution in [1.82, 2.24) is 10.2 Å². The predicted octanol–water partition coefficient (Wildman–Crippen LogP) is 4.44. The summed E-state index contributed by atoms with van der Waals surface area (Å²) < 4.78 is 67.9. The van der Waals surface area contributed by atoms with Crippen LogP contribution < -0.4 is 14.4 Å². The fourth-order valence-electron chi connectivity index (χ4n) is 3.34. The first-order valence-electron chi connectivity index (χ1n) is 9.77. The second-order valence-electron chi connectivity index (χ2n) is 7.17. The highest BCUT2D eigenvalue weighted by molar-refractivity contribution is 7.92. The Morgan fingerprint density at radius 1 is 0.875 bits per heavy atom. The highest BCUT2D eigenvalue weighted by Gasteiger charge is 2.31. The van der Waals surface area contributed by atoms with Gasteiger partial charge in [-0.25, -0.2) is 8.42 Å².